The smallest absolute Gasteiger partial charge is 0.133 e. The zero-order chi connectivity index (χ0) is 8.55. The topological polar surface area (TPSA) is 30.0 Å². The van der Waals surface area contributed by atoms with Gasteiger partial charge in [-0.15, -0.1) is 0 Å². The summed E-state index contributed by atoms with van der Waals surface area (Å²) < 4.78 is 0. The Bertz CT molecular complexity index is 294. The second-order valence-corrected chi connectivity index (χ2v) is 3.35. The minimum Gasteiger partial charge on any atom is -0.300 e. The number of Topliss-reactive ketones (excluding diaryl/α,β-unsaturated/α-hetero) is 1. The van der Waals surface area contributed by atoms with Gasteiger partial charge in [-0.2, -0.15) is 0 Å². The highest BCUT2D eigenvalue weighted by atomic mass is 16.1. The third-order valence-corrected chi connectivity index (χ3v) is 2.43. The SMILES string of the molecule is CC(=O)[C@H]1C[C@@H]1c1cccnc1. The summed E-state index contributed by atoms with van der Waals surface area (Å²) in [4.78, 5) is 15.0. The van der Waals surface area contributed by atoms with Gasteiger partial charge in [-0.05, 0) is 30.9 Å². The number of pyridine rings is 1. The maximum atomic E-state index is 11.0. The predicted molar refractivity (Wildman–Crippen MR) is 45.8 cm³/mol. The summed E-state index contributed by atoms with van der Waals surface area (Å²) in [5, 5.41) is 0. The Morgan fingerprint density at radius 1 is 1.67 bits per heavy atom. The second kappa shape index (κ2) is 2.70. The Labute approximate surface area is 71.6 Å². The molecule has 1 heterocycles. The number of rotatable bonds is 2. The summed E-state index contributed by atoms with van der Waals surface area (Å²) in [7, 11) is 0. The monoisotopic (exact) mass is 161 g/mol. The lowest BCUT2D eigenvalue weighted by Gasteiger charge is -1.95. The molecule has 0 saturated heterocycles. The van der Waals surface area contributed by atoms with E-state index in [1.54, 1.807) is 13.1 Å². The highest BCUT2D eigenvalue weighted by molar-refractivity contribution is 5.82. The maximum Gasteiger partial charge on any atom is 0.133 e. The molecule has 1 aliphatic rings. The van der Waals surface area contributed by atoms with Gasteiger partial charge in [-0.3, -0.25) is 9.78 Å². The number of nitrogens with zero attached hydrogens (tertiary/aromatic N) is 1. The van der Waals surface area contributed by atoms with E-state index >= 15 is 0 Å². The lowest BCUT2D eigenvalue weighted by atomic mass is 10.1. The molecule has 2 nitrogen and oxygen atoms in total. The van der Waals surface area contributed by atoms with Gasteiger partial charge in [0.1, 0.15) is 5.78 Å². The number of carbonyl (C=O) groups is 1. The fourth-order valence-corrected chi connectivity index (χ4v) is 1.61. The van der Waals surface area contributed by atoms with Crippen molar-refractivity contribution in [3.63, 3.8) is 0 Å². The first-order chi connectivity index (χ1) is 5.79. The van der Waals surface area contributed by atoms with Gasteiger partial charge in [0.2, 0.25) is 0 Å². The molecule has 1 saturated carbocycles. The standard InChI is InChI=1S/C10H11NO/c1-7(12)9-5-10(9)8-3-2-4-11-6-8/h2-4,6,9-10H,5H2,1H3/t9-,10-/m1/s1. The minimum atomic E-state index is 0.272. The summed E-state index contributed by atoms with van der Waals surface area (Å²) in [5.41, 5.74) is 1.21. The summed E-state index contributed by atoms with van der Waals surface area (Å²) >= 11 is 0. The van der Waals surface area contributed by atoms with E-state index in [0.717, 1.165) is 6.42 Å². The molecule has 1 fully saturated rings. The molecular formula is C10H11NO. The van der Waals surface area contributed by atoms with Crippen molar-refractivity contribution in [3.05, 3.63) is 30.1 Å². The van der Waals surface area contributed by atoms with Gasteiger partial charge >= 0.3 is 0 Å². The number of hydrogen-bond acceptors (Lipinski definition) is 2. The van der Waals surface area contributed by atoms with Crippen molar-refractivity contribution >= 4 is 5.78 Å². The quantitative estimate of drug-likeness (QED) is 0.661. The number of ketones is 1. The van der Waals surface area contributed by atoms with Crippen LogP contribution < -0.4 is 0 Å². The molecule has 0 amide bonds. The number of carbonyl (C=O) groups excluding carboxylic acids is 1. The third-order valence-electron chi connectivity index (χ3n) is 2.43. The van der Waals surface area contributed by atoms with Crippen molar-refractivity contribution in [1.29, 1.82) is 0 Å². The third kappa shape index (κ3) is 1.24. The fourth-order valence-electron chi connectivity index (χ4n) is 1.61. The van der Waals surface area contributed by atoms with Gasteiger partial charge in [0, 0.05) is 18.3 Å². The molecule has 1 aliphatic carbocycles. The van der Waals surface area contributed by atoms with Crippen molar-refractivity contribution < 1.29 is 4.79 Å². The molecule has 0 radical (unpaired) electrons. The van der Waals surface area contributed by atoms with E-state index < -0.39 is 0 Å². The van der Waals surface area contributed by atoms with Gasteiger partial charge in [-0.1, -0.05) is 6.07 Å². The molecule has 0 N–H and O–H groups in total. The molecule has 2 atom stereocenters. The van der Waals surface area contributed by atoms with Crippen LogP contribution in [0.3, 0.4) is 0 Å². The average molecular weight is 161 g/mol. The van der Waals surface area contributed by atoms with Crippen molar-refractivity contribution in [2.75, 3.05) is 0 Å². The molecule has 0 bridgehead atoms. The molecule has 12 heavy (non-hydrogen) atoms. The van der Waals surface area contributed by atoms with Gasteiger partial charge in [0.25, 0.3) is 0 Å². The highest BCUT2D eigenvalue weighted by Crippen LogP contribution is 2.47. The van der Waals surface area contributed by atoms with Crippen molar-refractivity contribution in [3.8, 4) is 0 Å². The molecule has 62 valence electrons. The molecule has 1 aromatic rings. The molecule has 0 aliphatic heterocycles. The van der Waals surface area contributed by atoms with Crippen LogP contribution in [0.4, 0.5) is 0 Å². The predicted octanol–water partition coefficient (Wildman–Crippen LogP) is 1.77. The van der Waals surface area contributed by atoms with Crippen LogP contribution in [0.5, 0.6) is 0 Å². The molecule has 1 aromatic heterocycles. The lowest BCUT2D eigenvalue weighted by molar-refractivity contribution is -0.118. The Hall–Kier alpha value is -1.18. The summed E-state index contributed by atoms with van der Waals surface area (Å²) in [6.45, 7) is 1.67. The van der Waals surface area contributed by atoms with E-state index in [0.29, 0.717) is 11.7 Å². The van der Waals surface area contributed by atoms with Crippen LogP contribution in [0.25, 0.3) is 0 Å². The number of hydrogen-bond donors (Lipinski definition) is 0. The average Bonchev–Trinajstić information content (AvgIpc) is 2.84. The van der Waals surface area contributed by atoms with Crippen molar-refractivity contribution in [1.82, 2.24) is 4.98 Å². The van der Waals surface area contributed by atoms with Crippen LogP contribution in [-0.2, 0) is 4.79 Å². The molecule has 2 heteroatoms. The van der Waals surface area contributed by atoms with E-state index in [1.165, 1.54) is 5.56 Å². The Morgan fingerprint density at radius 3 is 3.00 bits per heavy atom. The molecular weight excluding hydrogens is 150 g/mol. The van der Waals surface area contributed by atoms with Crippen LogP contribution in [0.15, 0.2) is 24.5 Å². The van der Waals surface area contributed by atoms with Crippen LogP contribution in [-0.4, -0.2) is 10.8 Å². The first-order valence-corrected chi connectivity index (χ1v) is 4.19. The van der Waals surface area contributed by atoms with E-state index in [-0.39, 0.29) is 5.92 Å². The first-order valence-electron chi connectivity index (χ1n) is 4.19. The van der Waals surface area contributed by atoms with Crippen molar-refractivity contribution in [2.45, 2.75) is 19.3 Å². The summed E-state index contributed by atoms with van der Waals surface area (Å²) in [5.74, 6) is 1.04. The highest BCUT2D eigenvalue weighted by Gasteiger charge is 2.41. The maximum absolute atomic E-state index is 11.0. The van der Waals surface area contributed by atoms with Gasteiger partial charge < -0.3 is 0 Å². The lowest BCUT2D eigenvalue weighted by Crippen LogP contribution is -1.94. The van der Waals surface area contributed by atoms with Crippen LogP contribution >= 0.6 is 0 Å². The largest absolute Gasteiger partial charge is 0.300 e. The fraction of sp³-hybridized carbons (Fsp3) is 0.400. The van der Waals surface area contributed by atoms with E-state index in [4.69, 9.17) is 0 Å². The van der Waals surface area contributed by atoms with Gasteiger partial charge in [0.15, 0.2) is 0 Å². The van der Waals surface area contributed by atoms with Gasteiger partial charge in [-0.25, -0.2) is 0 Å². The Kier molecular flexibility index (Phi) is 1.68. The van der Waals surface area contributed by atoms with E-state index in [9.17, 15) is 4.79 Å². The summed E-state index contributed by atoms with van der Waals surface area (Å²) in [6.07, 6.45) is 4.63. The van der Waals surface area contributed by atoms with E-state index in [1.807, 2.05) is 18.3 Å². The molecule has 2 rings (SSSR count). The normalized spacial score (nSPS) is 26.8. The molecule has 0 aromatic carbocycles. The van der Waals surface area contributed by atoms with Crippen LogP contribution in [0.1, 0.15) is 24.8 Å². The second-order valence-electron chi connectivity index (χ2n) is 3.35. The zero-order valence-corrected chi connectivity index (χ0v) is 7.03. The Morgan fingerprint density at radius 2 is 2.50 bits per heavy atom. The zero-order valence-electron chi connectivity index (χ0n) is 7.03. The van der Waals surface area contributed by atoms with Gasteiger partial charge in [0.05, 0.1) is 0 Å². The van der Waals surface area contributed by atoms with Crippen LogP contribution in [0, 0.1) is 5.92 Å². The minimum absolute atomic E-state index is 0.272. The number of aromatic nitrogens is 1. The summed E-state index contributed by atoms with van der Waals surface area (Å²) in [6, 6.07) is 3.96. The molecule has 0 unspecified atom stereocenters. The first kappa shape index (κ1) is 7.47. The Balaban J connectivity index is 2.11. The van der Waals surface area contributed by atoms with Crippen molar-refractivity contribution in [2.24, 2.45) is 5.92 Å². The molecule has 0 spiro atoms. The van der Waals surface area contributed by atoms with E-state index in [2.05, 4.69) is 4.98 Å². The van der Waals surface area contributed by atoms with Crippen LogP contribution in [0.2, 0.25) is 0 Å².